The largest absolute Gasteiger partial charge is 0.338 e. The molecule has 1 aliphatic rings. The van der Waals surface area contributed by atoms with Gasteiger partial charge < -0.3 is 10.3 Å². The van der Waals surface area contributed by atoms with Crippen molar-refractivity contribution in [3.8, 4) is 0 Å². The molecule has 0 bridgehead atoms. The van der Waals surface area contributed by atoms with Crippen LogP contribution in [0.3, 0.4) is 0 Å². The molecule has 2 atom stereocenters. The molecule has 1 aliphatic heterocycles. The van der Waals surface area contributed by atoms with E-state index in [9.17, 15) is 0 Å². The lowest BCUT2D eigenvalue weighted by atomic mass is 10.0. The van der Waals surface area contributed by atoms with Crippen molar-refractivity contribution in [1.29, 1.82) is 0 Å². The minimum absolute atomic E-state index is 0.118. The lowest BCUT2D eigenvalue weighted by Crippen LogP contribution is -2.13. The molecular weight excluding hydrogens is 222 g/mol. The van der Waals surface area contributed by atoms with Crippen LogP contribution in [-0.4, -0.2) is 15.9 Å². The van der Waals surface area contributed by atoms with Gasteiger partial charge in [0.2, 0.25) is 5.89 Å². The van der Waals surface area contributed by atoms with Crippen LogP contribution in [-0.2, 0) is 0 Å². The number of nitrogens with two attached hydrogens (primary N) is 1. The van der Waals surface area contributed by atoms with Crippen molar-refractivity contribution in [2.75, 3.05) is 5.75 Å². The second-order valence-electron chi connectivity index (χ2n) is 4.73. The van der Waals surface area contributed by atoms with Crippen LogP contribution >= 0.6 is 11.8 Å². The number of aromatic nitrogens is 2. The van der Waals surface area contributed by atoms with Crippen molar-refractivity contribution < 1.29 is 4.52 Å². The first-order valence-electron chi connectivity index (χ1n) is 5.87. The van der Waals surface area contributed by atoms with Crippen molar-refractivity contribution in [2.45, 2.75) is 44.4 Å². The normalized spacial score (nSPS) is 22.9. The summed E-state index contributed by atoms with van der Waals surface area (Å²) in [6, 6.07) is -0.118. The summed E-state index contributed by atoms with van der Waals surface area (Å²) < 4.78 is 5.24. The quantitative estimate of drug-likeness (QED) is 0.878. The average Bonchev–Trinajstić information content (AvgIpc) is 2.87. The number of hydrogen-bond acceptors (Lipinski definition) is 5. The molecule has 0 aromatic carbocycles. The van der Waals surface area contributed by atoms with E-state index in [4.69, 9.17) is 10.3 Å². The van der Waals surface area contributed by atoms with E-state index >= 15 is 0 Å². The highest BCUT2D eigenvalue weighted by atomic mass is 32.2. The number of hydrogen-bond donors (Lipinski definition) is 1. The monoisotopic (exact) mass is 241 g/mol. The van der Waals surface area contributed by atoms with Gasteiger partial charge in [0.25, 0.3) is 0 Å². The Bertz CT molecular complexity index is 334. The molecule has 90 valence electrons. The highest BCUT2D eigenvalue weighted by Gasteiger charge is 2.24. The van der Waals surface area contributed by atoms with Crippen molar-refractivity contribution >= 4 is 11.8 Å². The van der Waals surface area contributed by atoms with Crippen molar-refractivity contribution in [1.82, 2.24) is 10.1 Å². The van der Waals surface area contributed by atoms with Gasteiger partial charge >= 0.3 is 0 Å². The summed E-state index contributed by atoms with van der Waals surface area (Å²) in [4.78, 5) is 4.42. The van der Waals surface area contributed by atoms with Crippen LogP contribution in [0, 0.1) is 5.92 Å². The third kappa shape index (κ3) is 2.77. The lowest BCUT2D eigenvalue weighted by molar-refractivity contribution is 0.332. The summed E-state index contributed by atoms with van der Waals surface area (Å²) in [5.41, 5.74) is 6.00. The predicted molar refractivity (Wildman–Crippen MR) is 65.1 cm³/mol. The molecule has 4 nitrogen and oxygen atoms in total. The number of thioether (sulfide) groups is 1. The minimum Gasteiger partial charge on any atom is -0.338 e. The molecule has 1 saturated heterocycles. The predicted octanol–water partition coefficient (Wildman–Crippen LogP) is 2.68. The Morgan fingerprint density at radius 2 is 2.38 bits per heavy atom. The van der Waals surface area contributed by atoms with Crippen LogP contribution in [0.5, 0.6) is 0 Å². The van der Waals surface area contributed by atoms with Crippen molar-refractivity contribution in [2.24, 2.45) is 11.7 Å². The molecular formula is C11H19N3OS. The number of nitrogens with zero attached hydrogens (tertiary/aromatic N) is 2. The molecule has 16 heavy (non-hydrogen) atoms. The summed E-state index contributed by atoms with van der Waals surface area (Å²) in [6.45, 7) is 4.29. The second-order valence-corrected chi connectivity index (χ2v) is 6.04. The SMILES string of the molecule is CC(C)CC(N)c1nc(C2CCCS2)no1. The van der Waals surface area contributed by atoms with E-state index in [-0.39, 0.29) is 6.04 Å². The van der Waals surface area contributed by atoms with Gasteiger partial charge in [-0.1, -0.05) is 19.0 Å². The lowest BCUT2D eigenvalue weighted by Gasteiger charge is -2.08. The molecule has 1 aromatic rings. The minimum atomic E-state index is -0.118. The van der Waals surface area contributed by atoms with E-state index in [1.165, 1.54) is 12.2 Å². The fraction of sp³-hybridized carbons (Fsp3) is 0.818. The first-order chi connectivity index (χ1) is 7.66. The Balaban J connectivity index is 2.00. The van der Waals surface area contributed by atoms with Crippen LogP contribution in [0.4, 0.5) is 0 Å². The van der Waals surface area contributed by atoms with Crippen LogP contribution in [0.15, 0.2) is 4.52 Å². The molecule has 1 aromatic heterocycles. The van der Waals surface area contributed by atoms with E-state index in [2.05, 4.69) is 24.0 Å². The van der Waals surface area contributed by atoms with E-state index < -0.39 is 0 Å². The van der Waals surface area contributed by atoms with Gasteiger partial charge in [0.1, 0.15) is 0 Å². The molecule has 2 unspecified atom stereocenters. The highest BCUT2D eigenvalue weighted by molar-refractivity contribution is 7.99. The zero-order valence-electron chi connectivity index (χ0n) is 9.85. The summed E-state index contributed by atoms with van der Waals surface area (Å²) in [6.07, 6.45) is 3.29. The van der Waals surface area contributed by atoms with E-state index in [1.807, 2.05) is 11.8 Å². The van der Waals surface area contributed by atoms with E-state index in [0.717, 1.165) is 18.7 Å². The molecule has 2 N–H and O–H groups in total. The van der Waals surface area contributed by atoms with Crippen molar-refractivity contribution in [3.63, 3.8) is 0 Å². The molecule has 0 saturated carbocycles. The van der Waals surface area contributed by atoms with Crippen LogP contribution in [0.1, 0.15) is 56.1 Å². The van der Waals surface area contributed by atoms with E-state index in [0.29, 0.717) is 17.1 Å². The molecule has 0 spiro atoms. The number of rotatable bonds is 4. The smallest absolute Gasteiger partial charge is 0.243 e. The third-order valence-corrected chi connectivity index (χ3v) is 4.09. The zero-order valence-corrected chi connectivity index (χ0v) is 10.7. The average molecular weight is 241 g/mol. The molecule has 5 heteroatoms. The molecule has 1 fully saturated rings. The molecule has 2 rings (SSSR count). The summed E-state index contributed by atoms with van der Waals surface area (Å²) in [5.74, 6) is 3.17. The Hall–Kier alpha value is -0.550. The maximum absolute atomic E-state index is 6.00. The highest BCUT2D eigenvalue weighted by Crippen LogP contribution is 2.38. The Morgan fingerprint density at radius 3 is 3.00 bits per heavy atom. The summed E-state index contributed by atoms with van der Waals surface area (Å²) in [7, 11) is 0. The molecule has 0 aliphatic carbocycles. The first-order valence-corrected chi connectivity index (χ1v) is 6.92. The fourth-order valence-electron chi connectivity index (χ4n) is 1.92. The van der Waals surface area contributed by atoms with Gasteiger partial charge in [-0.05, 0) is 30.9 Å². The maximum Gasteiger partial charge on any atom is 0.243 e. The summed E-state index contributed by atoms with van der Waals surface area (Å²) >= 11 is 1.91. The van der Waals surface area contributed by atoms with Crippen molar-refractivity contribution in [3.05, 3.63) is 11.7 Å². The fourth-order valence-corrected chi connectivity index (χ4v) is 3.11. The van der Waals surface area contributed by atoms with Gasteiger partial charge in [0.15, 0.2) is 5.82 Å². The second kappa shape index (κ2) is 5.19. The Morgan fingerprint density at radius 1 is 1.56 bits per heavy atom. The van der Waals surface area contributed by atoms with Gasteiger partial charge in [0.05, 0.1) is 11.3 Å². The van der Waals surface area contributed by atoms with Gasteiger partial charge in [-0.25, -0.2) is 0 Å². The topological polar surface area (TPSA) is 64.9 Å². The summed E-state index contributed by atoms with van der Waals surface area (Å²) in [5, 5.41) is 4.46. The maximum atomic E-state index is 6.00. The Labute approximate surface area is 100 Å². The van der Waals surface area contributed by atoms with Crippen LogP contribution < -0.4 is 5.73 Å². The van der Waals surface area contributed by atoms with E-state index in [1.54, 1.807) is 0 Å². The Kier molecular flexibility index (Phi) is 3.86. The molecule has 2 heterocycles. The zero-order chi connectivity index (χ0) is 11.5. The third-order valence-electron chi connectivity index (χ3n) is 2.72. The van der Waals surface area contributed by atoms with Crippen LogP contribution in [0.25, 0.3) is 0 Å². The van der Waals surface area contributed by atoms with Gasteiger partial charge in [-0.2, -0.15) is 16.7 Å². The van der Waals surface area contributed by atoms with Crippen LogP contribution in [0.2, 0.25) is 0 Å². The van der Waals surface area contributed by atoms with Gasteiger partial charge in [-0.3, -0.25) is 0 Å². The molecule has 0 radical (unpaired) electrons. The standard InChI is InChI=1S/C11H19N3OS/c1-7(2)6-8(12)11-13-10(14-15-11)9-4-3-5-16-9/h7-9H,3-6,12H2,1-2H3. The molecule has 0 amide bonds. The van der Waals surface area contributed by atoms with Gasteiger partial charge in [-0.15, -0.1) is 0 Å². The first kappa shape index (κ1) is 11.9. The van der Waals surface area contributed by atoms with Gasteiger partial charge in [0, 0.05) is 0 Å².